The summed E-state index contributed by atoms with van der Waals surface area (Å²) >= 11 is 0. The number of nitrogens with one attached hydrogen (secondary N) is 1. The van der Waals surface area contributed by atoms with Crippen molar-refractivity contribution in [3.05, 3.63) is 35.9 Å². The van der Waals surface area contributed by atoms with E-state index >= 15 is 0 Å². The van der Waals surface area contributed by atoms with Crippen LogP contribution in [0.2, 0.25) is 0 Å². The SMILES string of the molecule is C[C@H](CCC(=O)NCCc1ccccc1)[C@@H]1CC[C@@H]2[C@@H]3CC[C@H]4C[C@H](O)CC[C@]4(C)[C@@H]3C[C@H](O)[C@@]21C. The van der Waals surface area contributed by atoms with Gasteiger partial charge in [0.1, 0.15) is 0 Å². The highest BCUT2D eigenvalue weighted by Crippen LogP contribution is 2.68. The van der Waals surface area contributed by atoms with Crippen LogP contribution in [0.15, 0.2) is 30.3 Å². The number of aliphatic hydroxyl groups is 2. The number of amides is 1. The van der Waals surface area contributed by atoms with E-state index < -0.39 is 0 Å². The van der Waals surface area contributed by atoms with Gasteiger partial charge in [0.2, 0.25) is 5.91 Å². The Morgan fingerprint density at radius 2 is 1.81 bits per heavy atom. The van der Waals surface area contributed by atoms with Crippen LogP contribution >= 0.6 is 0 Å². The second kappa shape index (κ2) is 10.4. The summed E-state index contributed by atoms with van der Waals surface area (Å²) in [7, 11) is 0. The van der Waals surface area contributed by atoms with Crippen molar-refractivity contribution in [2.75, 3.05) is 6.54 Å². The van der Waals surface area contributed by atoms with Gasteiger partial charge in [-0.15, -0.1) is 0 Å². The molecule has 0 saturated heterocycles. The third-order valence-corrected chi connectivity index (χ3v) is 11.9. The summed E-state index contributed by atoms with van der Waals surface area (Å²) in [5.74, 6) is 3.64. The van der Waals surface area contributed by atoms with Crippen LogP contribution in [0.5, 0.6) is 0 Å². The van der Waals surface area contributed by atoms with Crippen molar-refractivity contribution in [2.24, 2.45) is 46.3 Å². The molecule has 1 aromatic rings. The molecule has 3 N–H and O–H groups in total. The van der Waals surface area contributed by atoms with Crippen molar-refractivity contribution < 1.29 is 15.0 Å². The molecule has 4 fully saturated rings. The second-order valence-electron chi connectivity index (χ2n) is 13.5. The lowest BCUT2D eigenvalue weighted by Crippen LogP contribution is -2.58. The highest BCUT2D eigenvalue weighted by Gasteiger charge is 2.63. The third-order valence-electron chi connectivity index (χ3n) is 11.9. The van der Waals surface area contributed by atoms with E-state index in [2.05, 4.69) is 38.2 Å². The molecule has 4 aliphatic carbocycles. The molecule has 4 heteroatoms. The molecule has 0 heterocycles. The molecule has 36 heavy (non-hydrogen) atoms. The average Bonchev–Trinajstić information content (AvgIpc) is 3.23. The number of hydrogen-bond acceptors (Lipinski definition) is 3. The summed E-state index contributed by atoms with van der Waals surface area (Å²) in [4.78, 5) is 12.6. The number of hydrogen-bond donors (Lipinski definition) is 3. The van der Waals surface area contributed by atoms with Crippen LogP contribution < -0.4 is 5.32 Å². The fraction of sp³-hybridized carbons (Fsp3) is 0.781. The first-order valence-corrected chi connectivity index (χ1v) is 14.9. The number of carbonyl (C=O) groups excluding carboxylic acids is 1. The molecule has 0 bridgehead atoms. The van der Waals surface area contributed by atoms with Crippen LogP contribution in [0.25, 0.3) is 0 Å². The van der Waals surface area contributed by atoms with Gasteiger partial charge in [-0.3, -0.25) is 4.79 Å². The van der Waals surface area contributed by atoms with Crippen LogP contribution in [0, 0.1) is 46.3 Å². The van der Waals surface area contributed by atoms with E-state index in [1.54, 1.807) is 0 Å². The van der Waals surface area contributed by atoms with Crippen molar-refractivity contribution in [2.45, 2.75) is 104 Å². The molecular formula is C32H49NO3. The summed E-state index contributed by atoms with van der Waals surface area (Å²) in [6.07, 6.45) is 10.9. The Morgan fingerprint density at radius 1 is 1.03 bits per heavy atom. The van der Waals surface area contributed by atoms with Gasteiger partial charge >= 0.3 is 0 Å². The van der Waals surface area contributed by atoms with Crippen molar-refractivity contribution in [1.29, 1.82) is 0 Å². The number of rotatable bonds is 7. The van der Waals surface area contributed by atoms with Gasteiger partial charge in [-0.1, -0.05) is 51.1 Å². The largest absolute Gasteiger partial charge is 0.393 e. The Bertz CT molecular complexity index is 904. The maximum atomic E-state index is 12.6. The minimum atomic E-state index is -0.249. The molecular weight excluding hydrogens is 446 g/mol. The van der Waals surface area contributed by atoms with E-state index in [4.69, 9.17) is 0 Å². The fourth-order valence-corrected chi connectivity index (χ4v) is 9.80. The smallest absolute Gasteiger partial charge is 0.220 e. The first kappa shape index (κ1) is 26.2. The van der Waals surface area contributed by atoms with E-state index in [1.165, 1.54) is 31.2 Å². The molecule has 0 aromatic heterocycles. The van der Waals surface area contributed by atoms with Crippen molar-refractivity contribution >= 4 is 5.91 Å². The molecule has 1 amide bonds. The van der Waals surface area contributed by atoms with Gasteiger partial charge < -0.3 is 15.5 Å². The molecule has 0 radical (unpaired) electrons. The van der Waals surface area contributed by atoms with Gasteiger partial charge in [0.25, 0.3) is 0 Å². The van der Waals surface area contributed by atoms with Crippen LogP contribution in [-0.4, -0.2) is 34.9 Å². The van der Waals surface area contributed by atoms with Gasteiger partial charge in [-0.2, -0.15) is 0 Å². The van der Waals surface area contributed by atoms with E-state index in [9.17, 15) is 15.0 Å². The molecule has 0 unspecified atom stereocenters. The number of aliphatic hydroxyl groups excluding tert-OH is 2. The Labute approximate surface area is 218 Å². The molecule has 5 rings (SSSR count). The molecule has 0 spiro atoms. The van der Waals surface area contributed by atoms with Crippen LogP contribution in [0.4, 0.5) is 0 Å². The quantitative estimate of drug-likeness (QED) is 0.451. The molecule has 4 aliphatic rings. The van der Waals surface area contributed by atoms with Crippen molar-refractivity contribution in [3.8, 4) is 0 Å². The van der Waals surface area contributed by atoms with Gasteiger partial charge in [0.15, 0.2) is 0 Å². The van der Waals surface area contributed by atoms with E-state index in [0.717, 1.165) is 38.5 Å². The first-order valence-electron chi connectivity index (χ1n) is 14.9. The number of carbonyl (C=O) groups is 1. The Morgan fingerprint density at radius 3 is 2.58 bits per heavy atom. The first-order chi connectivity index (χ1) is 17.2. The standard InChI is InChI=1S/C32H49NO3/c1-21(9-14-30(36)33-18-16-22-7-5-4-6-8-22)26-12-13-27-25-11-10-23-19-24(34)15-17-31(23,2)28(25)20-29(35)32(26,27)3/h4-8,21,23-29,34-35H,9-20H2,1-3H3,(H,33,36)/t21-,23+,24-,25+,26+,27-,28-,29+,31+,32-/m1/s1. The monoisotopic (exact) mass is 495 g/mol. The number of fused-ring (bicyclic) bond motifs is 5. The Kier molecular flexibility index (Phi) is 7.58. The number of benzene rings is 1. The van der Waals surface area contributed by atoms with Crippen LogP contribution in [0.1, 0.15) is 90.5 Å². The summed E-state index contributed by atoms with van der Waals surface area (Å²) in [5.41, 5.74) is 1.52. The van der Waals surface area contributed by atoms with Gasteiger partial charge in [0, 0.05) is 13.0 Å². The van der Waals surface area contributed by atoms with E-state index in [1.807, 2.05) is 18.2 Å². The maximum absolute atomic E-state index is 12.6. The normalized spacial score (nSPS) is 42.6. The topological polar surface area (TPSA) is 69.6 Å². The zero-order chi connectivity index (χ0) is 25.5. The van der Waals surface area contributed by atoms with Gasteiger partial charge in [-0.25, -0.2) is 0 Å². The molecule has 1 aromatic carbocycles. The Balaban J connectivity index is 1.18. The summed E-state index contributed by atoms with van der Waals surface area (Å²) in [5, 5.41) is 25.2. The lowest BCUT2D eigenvalue weighted by atomic mass is 9.43. The van der Waals surface area contributed by atoms with Crippen LogP contribution in [-0.2, 0) is 11.2 Å². The lowest BCUT2D eigenvalue weighted by Gasteiger charge is -2.62. The summed E-state index contributed by atoms with van der Waals surface area (Å²) < 4.78 is 0. The predicted octanol–water partition coefficient (Wildman–Crippen LogP) is 5.75. The van der Waals surface area contributed by atoms with Crippen molar-refractivity contribution in [3.63, 3.8) is 0 Å². The molecule has 10 atom stereocenters. The third kappa shape index (κ3) is 4.66. The Hall–Kier alpha value is -1.39. The van der Waals surface area contributed by atoms with Crippen molar-refractivity contribution in [1.82, 2.24) is 5.32 Å². The zero-order valence-electron chi connectivity index (χ0n) is 22.8. The second-order valence-corrected chi connectivity index (χ2v) is 13.5. The average molecular weight is 496 g/mol. The van der Waals surface area contributed by atoms with E-state index in [-0.39, 0.29) is 28.9 Å². The van der Waals surface area contributed by atoms with E-state index in [0.29, 0.717) is 48.5 Å². The molecule has 4 nitrogen and oxygen atoms in total. The maximum Gasteiger partial charge on any atom is 0.220 e. The minimum absolute atomic E-state index is 0.0260. The minimum Gasteiger partial charge on any atom is -0.393 e. The zero-order valence-corrected chi connectivity index (χ0v) is 22.8. The lowest BCUT2D eigenvalue weighted by molar-refractivity contribution is -0.174. The van der Waals surface area contributed by atoms with Crippen LogP contribution in [0.3, 0.4) is 0 Å². The highest BCUT2D eigenvalue weighted by atomic mass is 16.3. The summed E-state index contributed by atoms with van der Waals surface area (Å²) in [6, 6.07) is 10.3. The highest BCUT2D eigenvalue weighted by molar-refractivity contribution is 5.75. The fourth-order valence-electron chi connectivity index (χ4n) is 9.80. The van der Waals surface area contributed by atoms with Gasteiger partial charge in [-0.05, 0) is 116 Å². The molecule has 0 aliphatic heterocycles. The van der Waals surface area contributed by atoms with Gasteiger partial charge in [0.05, 0.1) is 12.2 Å². The molecule has 4 saturated carbocycles. The summed E-state index contributed by atoms with van der Waals surface area (Å²) in [6.45, 7) is 7.90. The predicted molar refractivity (Wildman–Crippen MR) is 144 cm³/mol. The molecule has 200 valence electrons.